The predicted molar refractivity (Wildman–Crippen MR) is 72.4 cm³/mol. The molecule has 1 N–H and O–H groups in total. The molecule has 0 aliphatic heterocycles. The van der Waals surface area contributed by atoms with E-state index in [1.165, 1.54) is 6.07 Å². The number of hydrogen-bond acceptors (Lipinski definition) is 2. The number of benzene rings is 1. The molecule has 0 spiro atoms. The maximum absolute atomic E-state index is 13.6. The van der Waals surface area contributed by atoms with Gasteiger partial charge in [0.05, 0.1) is 11.3 Å². The van der Waals surface area contributed by atoms with Crippen LogP contribution >= 0.6 is 0 Å². The molecule has 0 saturated heterocycles. The van der Waals surface area contributed by atoms with Crippen molar-refractivity contribution in [3.63, 3.8) is 0 Å². The van der Waals surface area contributed by atoms with Crippen LogP contribution < -0.4 is 5.32 Å². The van der Waals surface area contributed by atoms with Crippen molar-refractivity contribution in [2.24, 2.45) is 0 Å². The molecule has 0 radical (unpaired) electrons. The lowest BCUT2D eigenvalue weighted by atomic mass is 9.98. The quantitative estimate of drug-likeness (QED) is 0.893. The molecular weight excluding hydrogens is 231 g/mol. The first-order valence-corrected chi connectivity index (χ1v) is 6.09. The molecule has 1 amide bonds. The number of amides is 1. The van der Waals surface area contributed by atoms with Gasteiger partial charge in [0.2, 0.25) is 0 Å². The number of carbonyl (C=O) groups is 1. The summed E-state index contributed by atoms with van der Waals surface area (Å²) in [5.74, 6) is -0.586. The molecule has 0 aliphatic carbocycles. The molecule has 1 aromatic rings. The van der Waals surface area contributed by atoms with Crippen molar-refractivity contribution in [1.82, 2.24) is 4.90 Å². The van der Waals surface area contributed by atoms with Gasteiger partial charge >= 0.3 is 0 Å². The van der Waals surface area contributed by atoms with E-state index in [1.54, 1.807) is 31.1 Å². The molecule has 0 heterocycles. The van der Waals surface area contributed by atoms with Gasteiger partial charge in [0.1, 0.15) is 5.82 Å². The Hall–Kier alpha value is -1.58. The fourth-order valence-corrected chi connectivity index (χ4v) is 1.65. The first-order valence-electron chi connectivity index (χ1n) is 6.09. The topological polar surface area (TPSA) is 32.3 Å². The summed E-state index contributed by atoms with van der Waals surface area (Å²) in [5.41, 5.74) is 0.358. The summed E-state index contributed by atoms with van der Waals surface area (Å²) >= 11 is 0. The average molecular weight is 252 g/mol. The van der Waals surface area contributed by atoms with E-state index < -0.39 is 5.82 Å². The first-order chi connectivity index (χ1) is 8.35. The van der Waals surface area contributed by atoms with Crippen molar-refractivity contribution < 1.29 is 9.18 Å². The van der Waals surface area contributed by atoms with Crippen LogP contribution in [0.25, 0.3) is 0 Å². The SMILES string of the molecule is CCC(C)(C)N(C)C(=O)c1cccc(F)c1NC. The number of halogens is 1. The van der Waals surface area contributed by atoms with Crippen LogP contribution in [0.15, 0.2) is 18.2 Å². The summed E-state index contributed by atoms with van der Waals surface area (Å²) in [6, 6.07) is 4.53. The highest BCUT2D eigenvalue weighted by molar-refractivity contribution is 5.99. The van der Waals surface area contributed by atoms with Crippen molar-refractivity contribution in [3.8, 4) is 0 Å². The van der Waals surface area contributed by atoms with Crippen LogP contribution in [0.1, 0.15) is 37.6 Å². The van der Waals surface area contributed by atoms with E-state index in [1.807, 2.05) is 20.8 Å². The Kier molecular flexibility index (Phi) is 4.33. The van der Waals surface area contributed by atoms with Crippen molar-refractivity contribution in [1.29, 1.82) is 0 Å². The molecule has 100 valence electrons. The summed E-state index contributed by atoms with van der Waals surface area (Å²) in [5, 5.41) is 2.75. The van der Waals surface area contributed by atoms with Gasteiger partial charge in [-0.3, -0.25) is 4.79 Å². The molecule has 0 unspecified atom stereocenters. The standard InChI is InChI=1S/C14H21FN2O/c1-6-14(2,3)17(5)13(18)10-8-7-9-11(15)12(10)16-4/h7-9,16H,6H2,1-5H3. The number of rotatable bonds is 4. The minimum atomic E-state index is -0.411. The Bertz CT molecular complexity index is 443. The second kappa shape index (κ2) is 5.38. The van der Waals surface area contributed by atoms with Crippen LogP contribution in [0.2, 0.25) is 0 Å². The van der Waals surface area contributed by atoms with Crippen LogP contribution in [0.5, 0.6) is 0 Å². The Morgan fingerprint density at radius 2 is 2.06 bits per heavy atom. The molecule has 0 fully saturated rings. The smallest absolute Gasteiger partial charge is 0.256 e. The van der Waals surface area contributed by atoms with Crippen molar-refractivity contribution in [2.45, 2.75) is 32.7 Å². The third-order valence-corrected chi connectivity index (χ3v) is 3.57. The van der Waals surface area contributed by atoms with E-state index in [2.05, 4.69) is 5.32 Å². The third-order valence-electron chi connectivity index (χ3n) is 3.57. The molecule has 4 heteroatoms. The second-order valence-electron chi connectivity index (χ2n) is 4.94. The molecule has 1 aromatic carbocycles. The van der Waals surface area contributed by atoms with Gasteiger partial charge in [-0.15, -0.1) is 0 Å². The Morgan fingerprint density at radius 1 is 1.44 bits per heavy atom. The van der Waals surface area contributed by atoms with Crippen LogP contribution in [0, 0.1) is 5.82 Å². The lowest BCUT2D eigenvalue weighted by molar-refractivity contribution is 0.0621. The summed E-state index contributed by atoms with van der Waals surface area (Å²) in [6.45, 7) is 6.00. The third kappa shape index (κ3) is 2.63. The Labute approximate surface area is 108 Å². The minimum Gasteiger partial charge on any atom is -0.385 e. The van der Waals surface area contributed by atoms with Gasteiger partial charge in [0.15, 0.2) is 0 Å². The molecule has 0 bridgehead atoms. The van der Waals surface area contributed by atoms with Gasteiger partial charge in [0, 0.05) is 19.6 Å². The van der Waals surface area contributed by atoms with Gasteiger partial charge in [-0.05, 0) is 32.4 Å². The van der Waals surface area contributed by atoms with Crippen molar-refractivity contribution >= 4 is 11.6 Å². The van der Waals surface area contributed by atoms with E-state index >= 15 is 0 Å². The monoisotopic (exact) mass is 252 g/mol. The maximum atomic E-state index is 13.6. The zero-order valence-corrected chi connectivity index (χ0v) is 11.7. The fraction of sp³-hybridized carbons (Fsp3) is 0.500. The van der Waals surface area contributed by atoms with Crippen LogP contribution in [-0.4, -0.2) is 30.4 Å². The normalized spacial score (nSPS) is 11.2. The highest BCUT2D eigenvalue weighted by Gasteiger charge is 2.28. The number of anilines is 1. The highest BCUT2D eigenvalue weighted by Crippen LogP contribution is 2.24. The Morgan fingerprint density at radius 3 is 2.56 bits per heavy atom. The van der Waals surface area contributed by atoms with Crippen LogP contribution in [-0.2, 0) is 0 Å². The number of nitrogens with zero attached hydrogens (tertiary/aromatic N) is 1. The van der Waals surface area contributed by atoms with Crippen LogP contribution in [0.4, 0.5) is 10.1 Å². The summed E-state index contributed by atoms with van der Waals surface area (Å²) in [4.78, 5) is 14.1. The lowest BCUT2D eigenvalue weighted by Crippen LogP contribution is -2.44. The number of carbonyl (C=O) groups excluding carboxylic acids is 1. The van der Waals surface area contributed by atoms with Gasteiger partial charge in [0.25, 0.3) is 5.91 Å². The van der Waals surface area contributed by atoms with Gasteiger partial charge in [-0.1, -0.05) is 13.0 Å². The van der Waals surface area contributed by atoms with Gasteiger partial charge in [-0.2, -0.15) is 0 Å². The van der Waals surface area contributed by atoms with E-state index in [-0.39, 0.29) is 17.1 Å². The van der Waals surface area contributed by atoms with Gasteiger partial charge in [-0.25, -0.2) is 4.39 Å². The second-order valence-corrected chi connectivity index (χ2v) is 4.94. The zero-order valence-electron chi connectivity index (χ0n) is 11.7. The maximum Gasteiger partial charge on any atom is 0.256 e. The minimum absolute atomic E-state index is 0.175. The van der Waals surface area contributed by atoms with E-state index in [9.17, 15) is 9.18 Å². The molecule has 0 aliphatic rings. The van der Waals surface area contributed by atoms with E-state index in [0.717, 1.165) is 6.42 Å². The molecule has 0 atom stereocenters. The fourth-order valence-electron chi connectivity index (χ4n) is 1.65. The van der Waals surface area contributed by atoms with E-state index in [4.69, 9.17) is 0 Å². The summed E-state index contributed by atoms with van der Waals surface area (Å²) in [6.07, 6.45) is 0.833. The zero-order chi connectivity index (χ0) is 13.9. The molecule has 1 rings (SSSR count). The van der Waals surface area contributed by atoms with Gasteiger partial charge < -0.3 is 10.2 Å². The molecular formula is C14H21FN2O. The molecule has 0 aromatic heterocycles. The number of hydrogen-bond donors (Lipinski definition) is 1. The highest BCUT2D eigenvalue weighted by atomic mass is 19.1. The molecule has 18 heavy (non-hydrogen) atoms. The van der Waals surface area contributed by atoms with Crippen LogP contribution in [0.3, 0.4) is 0 Å². The summed E-state index contributed by atoms with van der Waals surface area (Å²) < 4.78 is 13.6. The number of para-hydroxylation sites is 1. The largest absolute Gasteiger partial charge is 0.385 e. The predicted octanol–water partition coefficient (Wildman–Crippen LogP) is 3.13. The van der Waals surface area contributed by atoms with Crippen molar-refractivity contribution in [3.05, 3.63) is 29.6 Å². The summed E-state index contributed by atoms with van der Waals surface area (Å²) in [7, 11) is 3.36. The first kappa shape index (κ1) is 14.5. The lowest BCUT2D eigenvalue weighted by Gasteiger charge is -2.35. The molecule has 0 saturated carbocycles. The number of nitrogens with one attached hydrogen (secondary N) is 1. The van der Waals surface area contributed by atoms with E-state index in [0.29, 0.717) is 5.56 Å². The average Bonchev–Trinajstić information content (AvgIpc) is 2.36. The van der Waals surface area contributed by atoms with Crippen molar-refractivity contribution in [2.75, 3.05) is 19.4 Å². The Balaban J connectivity index is 3.16. The molecule has 3 nitrogen and oxygen atoms in total.